The van der Waals surface area contributed by atoms with Gasteiger partial charge in [-0.05, 0) is 38.8 Å². The number of nitrogens with zero attached hydrogens (tertiary/aromatic N) is 3. The molecular weight excluding hydrogens is 370 g/mol. The summed E-state index contributed by atoms with van der Waals surface area (Å²) in [5.41, 5.74) is 0.268. The van der Waals surface area contributed by atoms with E-state index in [2.05, 4.69) is 0 Å². The van der Waals surface area contributed by atoms with Crippen LogP contribution in [0.2, 0.25) is 0 Å². The Morgan fingerprint density at radius 1 is 1.07 bits per heavy atom. The van der Waals surface area contributed by atoms with E-state index in [-0.39, 0.29) is 22.8 Å². The van der Waals surface area contributed by atoms with Crippen LogP contribution < -0.4 is 4.90 Å². The second kappa shape index (κ2) is 8.12. The minimum absolute atomic E-state index is 0.00536. The molecule has 9 heteroatoms. The van der Waals surface area contributed by atoms with Gasteiger partial charge in [-0.15, -0.1) is 0 Å². The number of sulfonamides is 1. The van der Waals surface area contributed by atoms with E-state index in [9.17, 15) is 18.5 Å². The molecule has 0 aromatic heterocycles. The zero-order valence-corrected chi connectivity index (χ0v) is 16.7. The van der Waals surface area contributed by atoms with Crippen LogP contribution in [-0.4, -0.2) is 56.0 Å². The fourth-order valence-corrected chi connectivity index (χ4v) is 5.42. The van der Waals surface area contributed by atoms with Crippen molar-refractivity contribution in [2.24, 2.45) is 0 Å². The third-order valence-electron chi connectivity index (χ3n) is 5.11. The molecule has 2 saturated heterocycles. The Bertz CT molecular complexity index is 780. The van der Waals surface area contributed by atoms with E-state index < -0.39 is 14.9 Å². The number of morpholine rings is 1. The van der Waals surface area contributed by atoms with Gasteiger partial charge in [-0.25, -0.2) is 8.42 Å². The monoisotopic (exact) mass is 397 g/mol. The van der Waals surface area contributed by atoms with Crippen molar-refractivity contribution in [2.45, 2.75) is 56.6 Å². The number of nitro groups is 1. The van der Waals surface area contributed by atoms with E-state index in [0.29, 0.717) is 31.9 Å². The van der Waals surface area contributed by atoms with Crippen LogP contribution >= 0.6 is 0 Å². The van der Waals surface area contributed by atoms with Crippen LogP contribution in [0.25, 0.3) is 0 Å². The van der Waals surface area contributed by atoms with Gasteiger partial charge in [-0.3, -0.25) is 10.1 Å². The fraction of sp³-hybridized carbons (Fsp3) is 0.667. The second-order valence-corrected chi connectivity index (χ2v) is 9.33. The van der Waals surface area contributed by atoms with Crippen molar-refractivity contribution in [3.8, 4) is 0 Å². The molecule has 3 rings (SSSR count). The number of nitro benzene ring substituents is 1. The van der Waals surface area contributed by atoms with Gasteiger partial charge in [0.2, 0.25) is 10.0 Å². The van der Waals surface area contributed by atoms with Crippen molar-refractivity contribution < 1.29 is 18.1 Å². The molecule has 0 aliphatic carbocycles. The van der Waals surface area contributed by atoms with Crippen molar-refractivity contribution >= 4 is 21.4 Å². The Labute approximate surface area is 160 Å². The van der Waals surface area contributed by atoms with Gasteiger partial charge in [0, 0.05) is 32.2 Å². The van der Waals surface area contributed by atoms with Crippen LogP contribution in [0.15, 0.2) is 23.1 Å². The average Bonchev–Trinajstić information content (AvgIpc) is 2.90. The first-order valence-corrected chi connectivity index (χ1v) is 10.9. The lowest BCUT2D eigenvalue weighted by Gasteiger charge is -2.36. The summed E-state index contributed by atoms with van der Waals surface area (Å²) in [7, 11) is -3.72. The molecule has 1 aromatic rings. The molecule has 0 radical (unpaired) electrons. The fourth-order valence-electron chi connectivity index (χ4n) is 3.88. The molecule has 2 aliphatic rings. The van der Waals surface area contributed by atoms with Gasteiger partial charge in [0.25, 0.3) is 5.69 Å². The lowest BCUT2D eigenvalue weighted by Crippen LogP contribution is -2.45. The minimum atomic E-state index is -3.72. The van der Waals surface area contributed by atoms with E-state index in [4.69, 9.17) is 4.74 Å². The number of hydrogen-bond acceptors (Lipinski definition) is 6. The number of anilines is 1. The molecule has 1 aromatic carbocycles. The van der Waals surface area contributed by atoms with E-state index in [1.165, 1.54) is 16.4 Å². The van der Waals surface area contributed by atoms with Crippen LogP contribution in [0.1, 0.15) is 39.5 Å². The van der Waals surface area contributed by atoms with Gasteiger partial charge in [0.15, 0.2) is 0 Å². The second-order valence-electron chi connectivity index (χ2n) is 7.39. The van der Waals surface area contributed by atoms with Crippen LogP contribution in [0.5, 0.6) is 0 Å². The highest BCUT2D eigenvalue weighted by Gasteiger charge is 2.31. The third kappa shape index (κ3) is 4.41. The summed E-state index contributed by atoms with van der Waals surface area (Å²) in [6.45, 7) is 5.85. The smallest absolute Gasteiger partial charge is 0.293 e. The predicted molar refractivity (Wildman–Crippen MR) is 103 cm³/mol. The zero-order valence-electron chi connectivity index (χ0n) is 15.8. The maximum Gasteiger partial charge on any atom is 0.293 e. The Balaban J connectivity index is 1.94. The SMILES string of the molecule is CC1CN(c2ccc(S(=O)(=O)N3CCCCCC3)cc2[N+](=O)[O-])CC(C)O1. The molecule has 2 fully saturated rings. The van der Waals surface area contributed by atoms with E-state index in [1.54, 1.807) is 6.07 Å². The molecule has 2 unspecified atom stereocenters. The minimum Gasteiger partial charge on any atom is -0.372 e. The molecule has 150 valence electrons. The molecule has 0 amide bonds. The van der Waals surface area contributed by atoms with Crippen molar-refractivity contribution in [1.82, 2.24) is 4.31 Å². The van der Waals surface area contributed by atoms with Crippen molar-refractivity contribution in [3.05, 3.63) is 28.3 Å². The van der Waals surface area contributed by atoms with Gasteiger partial charge in [0.05, 0.1) is 22.0 Å². The zero-order chi connectivity index (χ0) is 19.6. The maximum absolute atomic E-state index is 13.0. The first kappa shape index (κ1) is 20.0. The lowest BCUT2D eigenvalue weighted by atomic mass is 10.2. The Hall–Kier alpha value is -1.71. The third-order valence-corrected chi connectivity index (χ3v) is 7.00. The van der Waals surface area contributed by atoms with Gasteiger partial charge < -0.3 is 9.64 Å². The normalized spacial score (nSPS) is 25.2. The Morgan fingerprint density at radius 3 is 2.22 bits per heavy atom. The Morgan fingerprint density at radius 2 is 1.67 bits per heavy atom. The number of hydrogen-bond donors (Lipinski definition) is 0. The molecular formula is C18H27N3O5S. The molecule has 0 saturated carbocycles. The summed E-state index contributed by atoms with van der Waals surface area (Å²) in [5.74, 6) is 0. The molecule has 0 N–H and O–H groups in total. The van der Waals surface area contributed by atoms with Gasteiger partial charge in [-0.2, -0.15) is 4.31 Å². The summed E-state index contributed by atoms with van der Waals surface area (Å²) >= 11 is 0. The summed E-state index contributed by atoms with van der Waals surface area (Å²) < 4.78 is 33.1. The molecule has 8 nitrogen and oxygen atoms in total. The van der Waals surface area contributed by atoms with E-state index in [0.717, 1.165) is 25.7 Å². The van der Waals surface area contributed by atoms with Gasteiger partial charge >= 0.3 is 0 Å². The van der Waals surface area contributed by atoms with Gasteiger partial charge in [-0.1, -0.05) is 12.8 Å². The van der Waals surface area contributed by atoms with Crippen molar-refractivity contribution in [2.75, 3.05) is 31.1 Å². The number of benzene rings is 1. The van der Waals surface area contributed by atoms with E-state index >= 15 is 0 Å². The molecule has 0 spiro atoms. The highest BCUT2D eigenvalue weighted by molar-refractivity contribution is 7.89. The highest BCUT2D eigenvalue weighted by atomic mass is 32.2. The largest absolute Gasteiger partial charge is 0.372 e. The molecule has 2 heterocycles. The molecule has 2 aliphatic heterocycles. The van der Waals surface area contributed by atoms with Crippen LogP contribution in [0.4, 0.5) is 11.4 Å². The number of rotatable bonds is 4. The first-order valence-electron chi connectivity index (χ1n) is 9.48. The van der Waals surface area contributed by atoms with Crippen molar-refractivity contribution in [1.29, 1.82) is 0 Å². The average molecular weight is 397 g/mol. The summed E-state index contributed by atoms with van der Waals surface area (Å²) in [4.78, 5) is 13.1. The lowest BCUT2D eigenvalue weighted by molar-refractivity contribution is -0.384. The number of ether oxygens (including phenoxy) is 1. The molecule has 27 heavy (non-hydrogen) atoms. The first-order chi connectivity index (χ1) is 12.8. The molecule has 2 atom stereocenters. The maximum atomic E-state index is 13.0. The Kier molecular flexibility index (Phi) is 6.02. The van der Waals surface area contributed by atoms with Crippen molar-refractivity contribution in [3.63, 3.8) is 0 Å². The highest BCUT2D eigenvalue weighted by Crippen LogP contribution is 2.34. The van der Waals surface area contributed by atoms with Gasteiger partial charge in [0.1, 0.15) is 5.69 Å². The topological polar surface area (TPSA) is 93.0 Å². The van der Waals surface area contributed by atoms with Crippen LogP contribution in [0.3, 0.4) is 0 Å². The van der Waals surface area contributed by atoms with Crippen LogP contribution in [0, 0.1) is 10.1 Å². The summed E-state index contributed by atoms with van der Waals surface area (Å²) in [5, 5.41) is 11.7. The summed E-state index contributed by atoms with van der Waals surface area (Å²) in [6.07, 6.45) is 3.57. The van der Waals surface area contributed by atoms with E-state index in [1.807, 2.05) is 18.7 Å². The molecule has 0 bridgehead atoms. The van der Waals surface area contributed by atoms with Crippen LogP contribution in [-0.2, 0) is 14.8 Å². The standard InChI is InChI=1S/C18H27N3O5S/c1-14-12-19(13-15(2)26-14)17-8-7-16(11-18(17)21(22)23)27(24,25)20-9-5-3-4-6-10-20/h7-8,11,14-15H,3-6,9-10,12-13H2,1-2H3. The summed E-state index contributed by atoms with van der Waals surface area (Å²) in [6, 6.07) is 4.27. The predicted octanol–water partition coefficient (Wildman–Crippen LogP) is 2.77. The quantitative estimate of drug-likeness (QED) is 0.573.